The Hall–Kier alpha value is -2.43. The minimum absolute atomic E-state index is 0.175. The van der Waals surface area contributed by atoms with E-state index < -0.39 is 0 Å². The second-order valence-corrected chi connectivity index (χ2v) is 3.89. The topological polar surface area (TPSA) is 61.3 Å². The second-order valence-electron chi connectivity index (χ2n) is 3.89. The predicted octanol–water partition coefficient (Wildman–Crippen LogP) is 2.03. The molecule has 0 aliphatic heterocycles. The molecule has 0 atom stereocenters. The third-order valence-electron chi connectivity index (χ3n) is 2.65. The summed E-state index contributed by atoms with van der Waals surface area (Å²) in [5.41, 5.74) is 0.857. The Labute approximate surface area is 111 Å². The van der Waals surface area contributed by atoms with Crippen molar-refractivity contribution < 1.29 is 14.3 Å². The summed E-state index contributed by atoms with van der Waals surface area (Å²) in [6, 6.07) is 6.60. The van der Waals surface area contributed by atoms with Crippen LogP contribution < -0.4 is 9.47 Å². The normalized spacial score (nSPS) is 10.1. The number of carbonyl (C=O) groups is 1. The molecule has 0 fully saturated rings. The van der Waals surface area contributed by atoms with Crippen LogP contribution in [-0.4, -0.2) is 30.0 Å². The van der Waals surface area contributed by atoms with Crippen molar-refractivity contribution in [3.8, 4) is 11.5 Å². The molecular weight excluding hydrogens is 244 g/mol. The van der Waals surface area contributed by atoms with E-state index in [2.05, 4.69) is 9.97 Å². The Balaban J connectivity index is 2.39. The van der Waals surface area contributed by atoms with Gasteiger partial charge in [-0.1, -0.05) is 0 Å². The molecule has 1 heterocycles. The molecule has 0 aliphatic rings. The van der Waals surface area contributed by atoms with Crippen molar-refractivity contribution in [2.45, 2.75) is 6.92 Å². The zero-order chi connectivity index (χ0) is 13.8. The molecule has 1 aromatic heterocycles. The first-order valence-corrected chi connectivity index (χ1v) is 5.72. The van der Waals surface area contributed by atoms with Gasteiger partial charge in [0.05, 0.1) is 14.2 Å². The molecule has 2 rings (SSSR count). The number of hydrogen-bond donors (Lipinski definition) is 0. The van der Waals surface area contributed by atoms with Crippen LogP contribution in [0.15, 0.2) is 30.5 Å². The Bertz CT molecular complexity index is 611. The minimum Gasteiger partial charge on any atom is -0.493 e. The van der Waals surface area contributed by atoms with Crippen LogP contribution in [0.1, 0.15) is 21.9 Å². The molecule has 5 nitrogen and oxygen atoms in total. The molecule has 0 spiro atoms. The molecule has 5 heteroatoms. The SMILES string of the molecule is COc1ccc(C(=O)c2ccnc(C)n2)cc1OC. The van der Waals surface area contributed by atoms with Crippen LogP contribution in [0.2, 0.25) is 0 Å². The molecule has 0 aliphatic carbocycles. The zero-order valence-corrected chi connectivity index (χ0v) is 11.0. The Morgan fingerprint density at radius 3 is 2.47 bits per heavy atom. The van der Waals surface area contributed by atoms with Gasteiger partial charge in [-0.25, -0.2) is 9.97 Å². The van der Waals surface area contributed by atoms with Gasteiger partial charge in [0, 0.05) is 11.8 Å². The number of ketones is 1. The summed E-state index contributed by atoms with van der Waals surface area (Å²) in [5.74, 6) is 1.48. The highest BCUT2D eigenvalue weighted by Crippen LogP contribution is 2.28. The van der Waals surface area contributed by atoms with Gasteiger partial charge in [0.2, 0.25) is 5.78 Å². The second kappa shape index (κ2) is 5.48. The van der Waals surface area contributed by atoms with Crippen molar-refractivity contribution in [3.05, 3.63) is 47.5 Å². The van der Waals surface area contributed by atoms with E-state index in [1.54, 1.807) is 44.5 Å². The highest BCUT2D eigenvalue weighted by atomic mass is 16.5. The molecule has 0 N–H and O–H groups in total. The first-order chi connectivity index (χ1) is 9.15. The van der Waals surface area contributed by atoms with Crippen LogP contribution in [0.25, 0.3) is 0 Å². The Morgan fingerprint density at radius 2 is 1.84 bits per heavy atom. The van der Waals surface area contributed by atoms with Crippen molar-refractivity contribution in [2.24, 2.45) is 0 Å². The molecule has 0 saturated heterocycles. The van der Waals surface area contributed by atoms with E-state index in [-0.39, 0.29) is 5.78 Å². The Kier molecular flexibility index (Phi) is 3.75. The number of rotatable bonds is 4. The highest BCUT2D eigenvalue weighted by molar-refractivity contribution is 6.08. The summed E-state index contributed by atoms with van der Waals surface area (Å²) in [6.07, 6.45) is 1.57. The average Bonchev–Trinajstić information content (AvgIpc) is 2.45. The summed E-state index contributed by atoms with van der Waals surface area (Å²) < 4.78 is 10.3. The summed E-state index contributed by atoms with van der Waals surface area (Å²) >= 11 is 0. The number of aryl methyl sites for hydroxylation is 1. The molecule has 0 unspecified atom stereocenters. The fourth-order valence-corrected chi connectivity index (χ4v) is 1.71. The maximum absolute atomic E-state index is 12.3. The van der Waals surface area contributed by atoms with Gasteiger partial charge < -0.3 is 9.47 Å². The van der Waals surface area contributed by atoms with Crippen molar-refractivity contribution in [2.75, 3.05) is 14.2 Å². The van der Waals surface area contributed by atoms with Crippen molar-refractivity contribution in [1.29, 1.82) is 0 Å². The van der Waals surface area contributed by atoms with Gasteiger partial charge >= 0.3 is 0 Å². The third kappa shape index (κ3) is 2.70. The molecule has 0 saturated carbocycles. The summed E-state index contributed by atoms with van der Waals surface area (Å²) in [7, 11) is 3.08. The van der Waals surface area contributed by atoms with Crippen molar-refractivity contribution >= 4 is 5.78 Å². The van der Waals surface area contributed by atoms with Crippen LogP contribution in [0, 0.1) is 6.92 Å². The molecule has 0 radical (unpaired) electrons. The molecule has 0 amide bonds. The largest absolute Gasteiger partial charge is 0.493 e. The molecule has 2 aromatic rings. The lowest BCUT2D eigenvalue weighted by Gasteiger charge is -2.08. The molecule has 19 heavy (non-hydrogen) atoms. The lowest BCUT2D eigenvalue weighted by molar-refractivity contribution is 0.103. The van der Waals surface area contributed by atoms with Gasteiger partial charge in [-0.05, 0) is 31.2 Å². The highest BCUT2D eigenvalue weighted by Gasteiger charge is 2.14. The van der Waals surface area contributed by atoms with Gasteiger partial charge in [-0.2, -0.15) is 0 Å². The quantitative estimate of drug-likeness (QED) is 0.785. The van der Waals surface area contributed by atoms with Gasteiger partial charge in [-0.15, -0.1) is 0 Å². The number of aromatic nitrogens is 2. The number of hydrogen-bond acceptors (Lipinski definition) is 5. The van der Waals surface area contributed by atoms with Gasteiger partial charge in [0.15, 0.2) is 11.5 Å². The van der Waals surface area contributed by atoms with Crippen LogP contribution in [0.3, 0.4) is 0 Å². The minimum atomic E-state index is -0.175. The first kappa shape index (κ1) is 13.0. The smallest absolute Gasteiger partial charge is 0.211 e. The van der Waals surface area contributed by atoms with E-state index in [4.69, 9.17) is 9.47 Å². The summed E-state index contributed by atoms with van der Waals surface area (Å²) in [4.78, 5) is 20.4. The van der Waals surface area contributed by atoms with Crippen LogP contribution in [-0.2, 0) is 0 Å². The van der Waals surface area contributed by atoms with E-state index in [1.165, 1.54) is 7.11 Å². The van der Waals surface area contributed by atoms with Crippen molar-refractivity contribution in [1.82, 2.24) is 9.97 Å². The van der Waals surface area contributed by atoms with E-state index in [0.29, 0.717) is 28.6 Å². The van der Waals surface area contributed by atoms with E-state index in [1.807, 2.05) is 0 Å². The van der Waals surface area contributed by atoms with Crippen LogP contribution in [0.5, 0.6) is 11.5 Å². The molecule has 98 valence electrons. The zero-order valence-electron chi connectivity index (χ0n) is 11.0. The van der Waals surface area contributed by atoms with Gasteiger partial charge in [0.25, 0.3) is 0 Å². The van der Waals surface area contributed by atoms with Crippen LogP contribution in [0.4, 0.5) is 0 Å². The molecule has 1 aromatic carbocycles. The fourth-order valence-electron chi connectivity index (χ4n) is 1.71. The molecule has 0 bridgehead atoms. The lowest BCUT2D eigenvalue weighted by atomic mass is 10.1. The fraction of sp³-hybridized carbons (Fsp3) is 0.214. The summed E-state index contributed by atoms with van der Waals surface area (Å²) in [5, 5.41) is 0. The third-order valence-corrected chi connectivity index (χ3v) is 2.65. The maximum Gasteiger partial charge on any atom is 0.211 e. The first-order valence-electron chi connectivity index (χ1n) is 5.72. The monoisotopic (exact) mass is 258 g/mol. The van der Waals surface area contributed by atoms with E-state index in [0.717, 1.165) is 0 Å². The number of ether oxygens (including phenoxy) is 2. The van der Waals surface area contributed by atoms with E-state index >= 15 is 0 Å². The summed E-state index contributed by atoms with van der Waals surface area (Å²) in [6.45, 7) is 1.74. The van der Waals surface area contributed by atoms with Gasteiger partial charge in [-0.3, -0.25) is 4.79 Å². The average molecular weight is 258 g/mol. The number of methoxy groups -OCH3 is 2. The van der Waals surface area contributed by atoms with Gasteiger partial charge in [0.1, 0.15) is 11.5 Å². The number of benzene rings is 1. The number of nitrogens with zero attached hydrogens (tertiary/aromatic N) is 2. The van der Waals surface area contributed by atoms with E-state index in [9.17, 15) is 4.79 Å². The Morgan fingerprint density at radius 1 is 1.11 bits per heavy atom. The lowest BCUT2D eigenvalue weighted by Crippen LogP contribution is -2.06. The standard InChI is InChI=1S/C14H14N2O3/c1-9-15-7-6-11(16-9)14(17)10-4-5-12(18-2)13(8-10)19-3/h4-8H,1-3H3. The van der Waals surface area contributed by atoms with Crippen LogP contribution >= 0.6 is 0 Å². The molecular formula is C14H14N2O3. The maximum atomic E-state index is 12.3. The van der Waals surface area contributed by atoms with Crippen molar-refractivity contribution in [3.63, 3.8) is 0 Å². The number of carbonyl (C=O) groups excluding carboxylic acids is 1. The predicted molar refractivity (Wildman–Crippen MR) is 69.7 cm³/mol.